The minimum atomic E-state index is -0.145. The van der Waals surface area contributed by atoms with Gasteiger partial charge in [-0.2, -0.15) is 0 Å². The summed E-state index contributed by atoms with van der Waals surface area (Å²) in [6.07, 6.45) is 0.613. The van der Waals surface area contributed by atoms with Gasteiger partial charge in [0.2, 0.25) is 0 Å². The Morgan fingerprint density at radius 2 is 1.96 bits per heavy atom. The molecule has 0 heterocycles. The number of aliphatic hydroxyl groups excluding tert-OH is 1. The van der Waals surface area contributed by atoms with Gasteiger partial charge in [0.1, 0.15) is 0 Å². The molecule has 5 heteroatoms. The third-order valence-electron chi connectivity index (χ3n) is 3.90. The lowest BCUT2D eigenvalue weighted by molar-refractivity contribution is 0.204. The highest BCUT2D eigenvalue weighted by molar-refractivity contribution is 6.30. The Balaban J connectivity index is 1.90. The molecule has 2 N–H and O–H groups in total. The highest BCUT2D eigenvalue weighted by atomic mass is 35.5. The number of aliphatic hydroxyl groups is 1. The molecule has 0 aromatic heterocycles. The van der Waals surface area contributed by atoms with Crippen LogP contribution in [0.5, 0.6) is 0 Å². The number of hydrogen-bond donors (Lipinski definition) is 2. The summed E-state index contributed by atoms with van der Waals surface area (Å²) in [5, 5.41) is 12.9. The van der Waals surface area contributed by atoms with Crippen molar-refractivity contribution in [3.63, 3.8) is 0 Å². The molecular formula is C19H23ClN2O2. The van der Waals surface area contributed by atoms with Crippen molar-refractivity contribution in [2.45, 2.75) is 18.9 Å². The molecule has 24 heavy (non-hydrogen) atoms. The molecule has 0 saturated carbocycles. The van der Waals surface area contributed by atoms with Crippen molar-refractivity contribution in [3.05, 3.63) is 70.7 Å². The monoisotopic (exact) mass is 346 g/mol. The molecule has 2 aromatic carbocycles. The molecule has 128 valence electrons. The summed E-state index contributed by atoms with van der Waals surface area (Å²) < 4.78 is 0. The topological polar surface area (TPSA) is 52.6 Å². The third-order valence-corrected chi connectivity index (χ3v) is 4.14. The molecule has 2 aromatic rings. The van der Waals surface area contributed by atoms with Gasteiger partial charge in [-0.25, -0.2) is 4.79 Å². The number of carbonyl (C=O) groups excluding carboxylic acids is 1. The largest absolute Gasteiger partial charge is 0.396 e. The SMILES string of the molecule is CN(Cc1cccc(Cl)c1)C(=O)NCC(CCO)c1ccccc1. The molecular weight excluding hydrogens is 324 g/mol. The van der Waals surface area contributed by atoms with E-state index in [1.807, 2.05) is 54.6 Å². The Morgan fingerprint density at radius 1 is 1.21 bits per heavy atom. The van der Waals surface area contributed by atoms with Crippen LogP contribution in [-0.4, -0.2) is 36.2 Å². The quantitative estimate of drug-likeness (QED) is 0.804. The van der Waals surface area contributed by atoms with Crippen LogP contribution in [-0.2, 0) is 6.54 Å². The fourth-order valence-corrected chi connectivity index (χ4v) is 2.81. The Hall–Kier alpha value is -2.04. The Labute approximate surface area is 148 Å². The van der Waals surface area contributed by atoms with Gasteiger partial charge in [0, 0.05) is 37.7 Å². The molecule has 0 saturated heterocycles. The van der Waals surface area contributed by atoms with Crippen molar-refractivity contribution >= 4 is 17.6 Å². The number of rotatable bonds is 7. The predicted octanol–water partition coefficient (Wildman–Crippen LogP) is 3.65. The average Bonchev–Trinajstić information content (AvgIpc) is 2.59. The molecule has 0 aliphatic rings. The summed E-state index contributed by atoms with van der Waals surface area (Å²) >= 11 is 5.97. The summed E-state index contributed by atoms with van der Waals surface area (Å²) in [5.74, 6) is 0.0970. The van der Waals surface area contributed by atoms with Gasteiger partial charge < -0.3 is 15.3 Å². The standard InChI is InChI=1S/C19H23ClN2O2/c1-22(14-15-6-5-9-18(20)12-15)19(24)21-13-17(10-11-23)16-7-3-2-4-8-16/h2-9,12,17,23H,10-11,13-14H2,1H3,(H,21,24). The van der Waals surface area contributed by atoms with E-state index in [1.54, 1.807) is 11.9 Å². The van der Waals surface area contributed by atoms with Gasteiger partial charge in [0.05, 0.1) is 0 Å². The number of nitrogens with one attached hydrogen (secondary N) is 1. The van der Waals surface area contributed by atoms with Crippen molar-refractivity contribution in [2.75, 3.05) is 20.2 Å². The first-order valence-corrected chi connectivity index (χ1v) is 8.37. The zero-order chi connectivity index (χ0) is 17.4. The minimum absolute atomic E-state index is 0.0911. The summed E-state index contributed by atoms with van der Waals surface area (Å²) in [4.78, 5) is 13.9. The first kappa shape index (κ1) is 18.3. The van der Waals surface area contributed by atoms with E-state index >= 15 is 0 Å². The lowest BCUT2D eigenvalue weighted by Gasteiger charge is -2.21. The van der Waals surface area contributed by atoms with Crippen LogP contribution in [0.25, 0.3) is 0 Å². The van der Waals surface area contributed by atoms with Crippen LogP contribution in [0.15, 0.2) is 54.6 Å². The van der Waals surface area contributed by atoms with Gasteiger partial charge in [-0.15, -0.1) is 0 Å². The van der Waals surface area contributed by atoms with E-state index in [0.717, 1.165) is 11.1 Å². The number of urea groups is 1. The van der Waals surface area contributed by atoms with Crippen LogP contribution in [0.4, 0.5) is 4.79 Å². The molecule has 1 atom stereocenters. The van der Waals surface area contributed by atoms with Gasteiger partial charge in [-0.3, -0.25) is 0 Å². The third kappa shape index (κ3) is 5.55. The fourth-order valence-electron chi connectivity index (χ4n) is 2.59. The van der Waals surface area contributed by atoms with Crippen molar-refractivity contribution in [2.24, 2.45) is 0 Å². The van der Waals surface area contributed by atoms with Gasteiger partial charge in [0.15, 0.2) is 0 Å². The van der Waals surface area contributed by atoms with Gasteiger partial charge >= 0.3 is 6.03 Å². The van der Waals surface area contributed by atoms with E-state index in [1.165, 1.54) is 0 Å². The molecule has 2 amide bonds. The van der Waals surface area contributed by atoms with Gasteiger partial charge in [-0.1, -0.05) is 54.1 Å². The van der Waals surface area contributed by atoms with E-state index in [9.17, 15) is 9.90 Å². The molecule has 4 nitrogen and oxygen atoms in total. The number of carbonyl (C=O) groups is 1. The molecule has 0 fully saturated rings. The average molecular weight is 347 g/mol. The lowest BCUT2D eigenvalue weighted by Crippen LogP contribution is -2.39. The van der Waals surface area contributed by atoms with Gasteiger partial charge in [0.25, 0.3) is 0 Å². The Morgan fingerprint density at radius 3 is 2.62 bits per heavy atom. The van der Waals surface area contributed by atoms with Crippen LogP contribution < -0.4 is 5.32 Å². The highest BCUT2D eigenvalue weighted by Gasteiger charge is 2.14. The first-order chi connectivity index (χ1) is 11.6. The summed E-state index contributed by atoms with van der Waals surface area (Å²) in [7, 11) is 1.75. The Kier molecular flexibility index (Phi) is 7.09. The van der Waals surface area contributed by atoms with Crippen LogP contribution >= 0.6 is 11.6 Å². The molecule has 0 aliphatic carbocycles. The first-order valence-electron chi connectivity index (χ1n) is 7.99. The smallest absolute Gasteiger partial charge is 0.317 e. The number of hydrogen-bond acceptors (Lipinski definition) is 2. The van der Waals surface area contributed by atoms with Crippen molar-refractivity contribution in [3.8, 4) is 0 Å². The lowest BCUT2D eigenvalue weighted by atomic mass is 9.96. The molecule has 0 spiro atoms. The molecule has 0 aliphatic heterocycles. The second-order valence-corrected chi connectivity index (χ2v) is 6.23. The van der Waals surface area contributed by atoms with Crippen molar-refractivity contribution in [1.82, 2.24) is 10.2 Å². The maximum Gasteiger partial charge on any atom is 0.317 e. The van der Waals surface area contributed by atoms with Crippen LogP contribution in [0.1, 0.15) is 23.5 Å². The fraction of sp³-hybridized carbons (Fsp3) is 0.316. The number of amides is 2. The van der Waals surface area contributed by atoms with E-state index < -0.39 is 0 Å². The number of benzene rings is 2. The number of nitrogens with zero attached hydrogens (tertiary/aromatic N) is 1. The van der Waals surface area contributed by atoms with E-state index in [0.29, 0.717) is 24.5 Å². The van der Waals surface area contributed by atoms with Crippen LogP contribution in [0.3, 0.4) is 0 Å². The second kappa shape index (κ2) is 9.30. The van der Waals surface area contributed by atoms with Crippen molar-refractivity contribution < 1.29 is 9.90 Å². The van der Waals surface area contributed by atoms with Crippen LogP contribution in [0, 0.1) is 0 Å². The zero-order valence-electron chi connectivity index (χ0n) is 13.8. The maximum absolute atomic E-state index is 12.3. The molecule has 1 unspecified atom stereocenters. The maximum atomic E-state index is 12.3. The summed E-state index contributed by atoms with van der Waals surface area (Å²) in [6, 6.07) is 17.2. The summed E-state index contributed by atoms with van der Waals surface area (Å²) in [5.41, 5.74) is 2.10. The van der Waals surface area contributed by atoms with E-state index in [2.05, 4.69) is 5.32 Å². The van der Waals surface area contributed by atoms with E-state index in [4.69, 9.17) is 11.6 Å². The Bertz CT molecular complexity index is 649. The second-order valence-electron chi connectivity index (χ2n) is 5.79. The number of halogens is 1. The summed E-state index contributed by atoms with van der Waals surface area (Å²) in [6.45, 7) is 1.07. The van der Waals surface area contributed by atoms with E-state index in [-0.39, 0.29) is 18.6 Å². The normalized spacial score (nSPS) is 11.8. The van der Waals surface area contributed by atoms with Crippen LogP contribution in [0.2, 0.25) is 5.02 Å². The zero-order valence-corrected chi connectivity index (χ0v) is 14.5. The minimum Gasteiger partial charge on any atom is -0.396 e. The predicted molar refractivity (Wildman–Crippen MR) is 97.2 cm³/mol. The van der Waals surface area contributed by atoms with Crippen molar-refractivity contribution in [1.29, 1.82) is 0 Å². The molecule has 0 bridgehead atoms. The highest BCUT2D eigenvalue weighted by Crippen LogP contribution is 2.18. The molecule has 0 radical (unpaired) electrons. The molecule has 2 rings (SSSR count). The van der Waals surface area contributed by atoms with Gasteiger partial charge in [-0.05, 0) is 29.7 Å².